The fourth-order valence-corrected chi connectivity index (χ4v) is 3.59. The molecule has 9 nitrogen and oxygen atoms in total. The smallest absolute Gasteiger partial charge is 0.424 e. The van der Waals surface area contributed by atoms with Crippen molar-refractivity contribution in [1.29, 1.82) is 0 Å². The first-order chi connectivity index (χ1) is 14.4. The van der Waals surface area contributed by atoms with E-state index in [1.807, 2.05) is 22.6 Å². The van der Waals surface area contributed by atoms with Gasteiger partial charge in [0.2, 0.25) is 0 Å². The topological polar surface area (TPSA) is 100.0 Å². The molecule has 0 spiro atoms. The molecule has 0 aromatic carbocycles. The zero-order valence-electron chi connectivity index (χ0n) is 19.9. The Labute approximate surface area is 201 Å². The van der Waals surface area contributed by atoms with E-state index in [2.05, 4.69) is 4.98 Å². The number of carbonyl (C=O) groups is 3. The first-order valence-electron chi connectivity index (χ1n) is 10.1. The van der Waals surface area contributed by atoms with Crippen molar-refractivity contribution in [2.24, 2.45) is 0 Å². The van der Waals surface area contributed by atoms with Gasteiger partial charge in [0.1, 0.15) is 26.2 Å². The summed E-state index contributed by atoms with van der Waals surface area (Å²) < 4.78 is 18.0. The maximum atomic E-state index is 13.1. The highest BCUT2D eigenvalue weighted by atomic mass is 127. The van der Waals surface area contributed by atoms with Crippen molar-refractivity contribution in [3.8, 4) is 0 Å². The lowest BCUT2D eigenvalue weighted by atomic mass is 10.2. The maximum absolute atomic E-state index is 13.1. The first kappa shape index (κ1) is 25.9. The van der Waals surface area contributed by atoms with Gasteiger partial charge in [0, 0.05) is 11.6 Å². The van der Waals surface area contributed by atoms with Crippen molar-refractivity contribution >= 4 is 57.6 Å². The Morgan fingerprint density at radius 2 is 1.34 bits per heavy atom. The minimum Gasteiger partial charge on any atom is -0.443 e. The van der Waals surface area contributed by atoms with Gasteiger partial charge in [0.15, 0.2) is 5.65 Å². The number of hydrogen-bond donors (Lipinski definition) is 0. The summed E-state index contributed by atoms with van der Waals surface area (Å²) in [6, 6.07) is 3.30. The summed E-state index contributed by atoms with van der Waals surface area (Å²) in [4.78, 5) is 44.3. The number of anilines is 1. The van der Waals surface area contributed by atoms with Crippen molar-refractivity contribution in [3.63, 3.8) is 0 Å². The van der Waals surface area contributed by atoms with Gasteiger partial charge in [0.25, 0.3) is 0 Å². The molecule has 0 N–H and O–H groups in total. The highest BCUT2D eigenvalue weighted by molar-refractivity contribution is 14.1. The minimum atomic E-state index is -0.934. The van der Waals surface area contributed by atoms with E-state index < -0.39 is 35.1 Å². The largest absolute Gasteiger partial charge is 0.443 e. The molecule has 32 heavy (non-hydrogen) atoms. The molecule has 2 amide bonds. The average Bonchev–Trinajstić information content (AvgIpc) is 2.83. The van der Waals surface area contributed by atoms with Gasteiger partial charge >= 0.3 is 18.3 Å². The molecule has 0 unspecified atom stereocenters. The van der Waals surface area contributed by atoms with Gasteiger partial charge in [-0.1, -0.05) is 0 Å². The molecule has 0 aliphatic rings. The zero-order valence-corrected chi connectivity index (χ0v) is 22.1. The van der Waals surface area contributed by atoms with Gasteiger partial charge in [-0.25, -0.2) is 23.9 Å². The summed E-state index contributed by atoms with van der Waals surface area (Å²) in [6.45, 7) is 15.4. The Morgan fingerprint density at radius 1 is 0.875 bits per heavy atom. The van der Waals surface area contributed by atoms with Crippen molar-refractivity contribution in [2.45, 2.75) is 79.1 Å². The van der Waals surface area contributed by atoms with Crippen LogP contribution < -0.4 is 4.90 Å². The lowest BCUT2D eigenvalue weighted by Gasteiger charge is -2.28. The third-order valence-corrected chi connectivity index (χ3v) is 4.59. The van der Waals surface area contributed by atoms with E-state index in [0.717, 1.165) is 4.90 Å². The summed E-state index contributed by atoms with van der Waals surface area (Å²) in [7, 11) is 0. The van der Waals surface area contributed by atoms with Gasteiger partial charge < -0.3 is 14.2 Å². The number of rotatable bonds is 1. The van der Waals surface area contributed by atoms with Crippen LogP contribution in [-0.2, 0) is 14.2 Å². The van der Waals surface area contributed by atoms with Crippen LogP contribution in [0, 0.1) is 3.70 Å². The van der Waals surface area contributed by atoms with E-state index in [9.17, 15) is 14.4 Å². The number of pyridine rings is 1. The lowest BCUT2D eigenvalue weighted by molar-refractivity contribution is 0.0425. The van der Waals surface area contributed by atoms with E-state index in [1.54, 1.807) is 74.4 Å². The number of carbonyl (C=O) groups excluding carboxylic acids is 3. The summed E-state index contributed by atoms with van der Waals surface area (Å²) in [5, 5.41) is 0.388. The molecule has 0 aliphatic heterocycles. The molecule has 10 heteroatoms. The van der Waals surface area contributed by atoms with E-state index in [4.69, 9.17) is 14.2 Å². The predicted octanol–water partition coefficient (Wildman–Crippen LogP) is 6.10. The van der Waals surface area contributed by atoms with Crippen LogP contribution >= 0.6 is 22.6 Å². The van der Waals surface area contributed by atoms with Crippen LogP contribution in [-0.4, -0.2) is 44.6 Å². The standard InChI is InChI=1S/C22H30IN3O6/c1-20(2,3)30-17(27)25(18(28)31-21(4,5)6)14-13-11-10-12-24-16(13)26(15(14)23)19(29)32-22(7,8)9/h10-12H,1-9H3. The normalized spacial score (nSPS) is 12.4. The molecular formula is C22H30IN3O6. The van der Waals surface area contributed by atoms with Crippen molar-refractivity contribution in [2.75, 3.05) is 4.90 Å². The highest BCUT2D eigenvalue weighted by Gasteiger charge is 2.38. The number of ether oxygens (including phenoxy) is 3. The van der Waals surface area contributed by atoms with E-state index >= 15 is 0 Å². The van der Waals surface area contributed by atoms with Gasteiger partial charge in [-0.3, -0.25) is 0 Å². The molecule has 176 valence electrons. The molecule has 2 rings (SSSR count). The van der Waals surface area contributed by atoms with Crippen LogP contribution in [0.1, 0.15) is 62.3 Å². The summed E-state index contributed by atoms with van der Waals surface area (Å²) in [5.41, 5.74) is -2.14. The fraction of sp³-hybridized carbons (Fsp3) is 0.545. The van der Waals surface area contributed by atoms with Crippen LogP contribution in [0.5, 0.6) is 0 Å². The van der Waals surface area contributed by atoms with Crippen molar-refractivity contribution in [3.05, 3.63) is 22.0 Å². The molecule has 0 saturated heterocycles. The Kier molecular flexibility index (Phi) is 7.18. The van der Waals surface area contributed by atoms with Gasteiger partial charge in [-0.2, -0.15) is 4.90 Å². The second kappa shape index (κ2) is 8.87. The minimum absolute atomic E-state index is 0.128. The van der Waals surface area contributed by atoms with Gasteiger partial charge in [-0.05, 0) is 97.0 Å². The number of amides is 2. The van der Waals surface area contributed by atoms with Crippen LogP contribution in [0.25, 0.3) is 11.0 Å². The number of halogens is 1. The number of fused-ring (bicyclic) bond motifs is 1. The summed E-state index contributed by atoms with van der Waals surface area (Å²) in [6.07, 6.45) is -1.05. The van der Waals surface area contributed by atoms with E-state index in [-0.39, 0.29) is 15.0 Å². The molecule has 2 heterocycles. The van der Waals surface area contributed by atoms with Crippen LogP contribution in [0.3, 0.4) is 0 Å². The number of hydrogen-bond acceptors (Lipinski definition) is 7. The maximum Gasteiger partial charge on any atom is 0.424 e. The van der Waals surface area contributed by atoms with Crippen LogP contribution in [0.4, 0.5) is 20.1 Å². The first-order valence-corrected chi connectivity index (χ1v) is 11.1. The Hall–Kier alpha value is -2.37. The molecule has 0 atom stereocenters. The predicted molar refractivity (Wildman–Crippen MR) is 129 cm³/mol. The van der Waals surface area contributed by atoms with Crippen LogP contribution in [0.2, 0.25) is 0 Å². The highest BCUT2D eigenvalue weighted by Crippen LogP contribution is 2.36. The molecule has 0 fully saturated rings. The molecule has 0 radical (unpaired) electrons. The molecule has 0 aliphatic carbocycles. The summed E-state index contributed by atoms with van der Waals surface area (Å²) >= 11 is 1.88. The molecular weight excluding hydrogens is 529 g/mol. The number of imide groups is 1. The number of aromatic nitrogens is 2. The SMILES string of the molecule is CC(C)(C)OC(=O)N(C(=O)OC(C)(C)C)c1c(I)n(C(=O)OC(C)(C)C)c2ncccc12. The monoisotopic (exact) mass is 559 g/mol. The quantitative estimate of drug-likeness (QED) is 0.308. The third kappa shape index (κ3) is 6.33. The van der Waals surface area contributed by atoms with Crippen molar-refractivity contribution in [1.82, 2.24) is 9.55 Å². The van der Waals surface area contributed by atoms with E-state index in [1.165, 1.54) is 10.8 Å². The lowest BCUT2D eigenvalue weighted by Crippen LogP contribution is -2.44. The molecule has 0 saturated carbocycles. The number of nitrogens with zero attached hydrogens (tertiary/aromatic N) is 3. The third-order valence-electron chi connectivity index (χ3n) is 3.60. The second-order valence-corrected chi connectivity index (χ2v) is 11.1. The molecule has 2 aromatic rings. The fourth-order valence-electron chi connectivity index (χ4n) is 2.63. The Morgan fingerprint density at radius 3 is 1.78 bits per heavy atom. The molecule has 2 aromatic heterocycles. The second-order valence-electron chi connectivity index (χ2n) is 10.1. The van der Waals surface area contributed by atoms with Gasteiger partial charge in [0.05, 0.1) is 0 Å². The Bertz CT molecular complexity index is 1010. The van der Waals surface area contributed by atoms with Crippen molar-refractivity contribution < 1.29 is 28.6 Å². The van der Waals surface area contributed by atoms with Crippen LogP contribution in [0.15, 0.2) is 18.3 Å². The zero-order chi connectivity index (χ0) is 24.6. The van der Waals surface area contributed by atoms with E-state index in [0.29, 0.717) is 5.39 Å². The van der Waals surface area contributed by atoms with Gasteiger partial charge in [-0.15, -0.1) is 0 Å². The Balaban J connectivity index is 2.75. The average molecular weight is 559 g/mol. The molecule has 0 bridgehead atoms. The summed E-state index contributed by atoms with van der Waals surface area (Å²) in [5.74, 6) is 0.